The molecule has 1 aliphatic rings. The normalized spacial score (nSPS) is 17.1. The molecule has 1 fully saturated rings. The van der Waals surface area contributed by atoms with Gasteiger partial charge in [-0.25, -0.2) is 0 Å². The Hall–Kier alpha value is -2.82. The maximum absolute atomic E-state index is 12.9. The Bertz CT molecular complexity index is 795. The van der Waals surface area contributed by atoms with Crippen molar-refractivity contribution in [2.75, 3.05) is 23.9 Å². The zero-order chi connectivity index (χ0) is 18.8. The second-order valence-corrected chi connectivity index (χ2v) is 6.97. The predicted octanol–water partition coefficient (Wildman–Crippen LogP) is 3.59. The molecule has 0 saturated carbocycles. The Morgan fingerprint density at radius 3 is 2.15 bits per heavy atom. The van der Waals surface area contributed by atoms with Crippen molar-refractivity contribution in [2.45, 2.75) is 32.3 Å². The maximum atomic E-state index is 12.9. The number of rotatable bonds is 5. The van der Waals surface area contributed by atoms with Crippen LogP contribution in [0.4, 0.5) is 11.4 Å². The van der Waals surface area contributed by atoms with Gasteiger partial charge in [0, 0.05) is 26.2 Å². The van der Waals surface area contributed by atoms with Crippen LogP contribution >= 0.6 is 0 Å². The van der Waals surface area contributed by atoms with Crippen LogP contribution in [0.25, 0.3) is 0 Å². The van der Waals surface area contributed by atoms with Crippen LogP contribution < -0.4 is 14.5 Å². The molecule has 0 aliphatic carbocycles. The summed E-state index contributed by atoms with van der Waals surface area (Å²) < 4.78 is 5.63. The zero-order valence-electron chi connectivity index (χ0n) is 15.6. The monoisotopic (exact) mass is 352 g/mol. The lowest BCUT2D eigenvalue weighted by molar-refractivity contribution is -0.121. The second-order valence-electron chi connectivity index (χ2n) is 6.97. The van der Waals surface area contributed by atoms with E-state index >= 15 is 0 Å². The van der Waals surface area contributed by atoms with E-state index in [0.717, 1.165) is 17.0 Å². The van der Waals surface area contributed by atoms with Gasteiger partial charge in [0.2, 0.25) is 11.8 Å². The molecule has 0 aromatic heterocycles. The van der Waals surface area contributed by atoms with Crippen molar-refractivity contribution in [3.8, 4) is 5.75 Å². The highest BCUT2D eigenvalue weighted by molar-refractivity contribution is 6.22. The van der Waals surface area contributed by atoms with Crippen molar-refractivity contribution in [1.29, 1.82) is 0 Å². The number of hydrogen-bond acceptors (Lipinski definition) is 4. The lowest BCUT2D eigenvalue weighted by atomic mass is 9.97. The molecule has 136 valence electrons. The van der Waals surface area contributed by atoms with E-state index in [1.807, 2.05) is 81.4 Å². The Labute approximate surface area is 154 Å². The molecule has 0 radical (unpaired) electrons. The highest BCUT2D eigenvalue weighted by Gasteiger charge is 2.40. The quantitative estimate of drug-likeness (QED) is 0.772. The lowest BCUT2D eigenvalue weighted by Gasteiger charge is -2.18. The van der Waals surface area contributed by atoms with E-state index in [4.69, 9.17) is 4.74 Å². The molecule has 5 heteroatoms. The molecule has 1 heterocycles. The molecular formula is C21H24N2O3. The number of carbonyl (C=O) groups excluding carboxylic acids is 2. The number of carbonyl (C=O) groups is 2. The van der Waals surface area contributed by atoms with Crippen LogP contribution in [0.2, 0.25) is 0 Å². The number of ether oxygens (including phenoxy) is 1. The molecule has 1 saturated heterocycles. The Kier molecular flexibility index (Phi) is 4.98. The van der Waals surface area contributed by atoms with Crippen molar-refractivity contribution < 1.29 is 14.3 Å². The third kappa shape index (κ3) is 3.57. The fourth-order valence-corrected chi connectivity index (χ4v) is 3.11. The lowest BCUT2D eigenvalue weighted by Crippen LogP contribution is -2.30. The smallest absolute Gasteiger partial charge is 0.241 e. The maximum Gasteiger partial charge on any atom is 0.241 e. The van der Waals surface area contributed by atoms with Crippen LogP contribution in [0, 0.1) is 0 Å². The van der Waals surface area contributed by atoms with Crippen molar-refractivity contribution in [2.24, 2.45) is 0 Å². The summed E-state index contributed by atoms with van der Waals surface area (Å²) in [6.07, 6.45) is 0.287. The molecule has 2 aromatic rings. The third-order valence-corrected chi connectivity index (χ3v) is 4.43. The average Bonchev–Trinajstić information content (AvgIpc) is 2.89. The van der Waals surface area contributed by atoms with E-state index in [0.29, 0.717) is 5.69 Å². The highest BCUT2D eigenvalue weighted by Crippen LogP contribution is 2.34. The Balaban J connectivity index is 1.80. The number of hydrogen-bond donors (Lipinski definition) is 0. The second kappa shape index (κ2) is 7.20. The number of benzene rings is 2. The van der Waals surface area contributed by atoms with Gasteiger partial charge in [-0.3, -0.25) is 14.5 Å². The summed E-state index contributed by atoms with van der Waals surface area (Å²) in [5.74, 6) is -0.0222. The van der Waals surface area contributed by atoms with Crippen molar-refractivity contribution in [3.05, 3.63) is 54.1 Å². The first-order valence-corrected chi connectivity index (χ1v) is 8.77. The van der Waals surface area contributed by atoms with Gasteiger partial charge in [0.25, 0.3) is 0 Å². The van der Waals surface area contributed by atoms with Gasteiger partial charge in [0.15, 0.2) is 0 Å². The van der Waals surface area contributed by atoms with Crippen LogP contribution in [0.1, 0.15) is 31.7 Å². The minimum Gasteiger partial charge on any atom is -0.491 e. The average molecular weight is 352 g/mol. The summed E-state index contributed by atoms with van der Waals surface area (Å²) in [6, 6.07) is 14.9. The van der Waals surface area contributed by atoms with Crippen LogP contribution in [-0.4, -0.2) is 32.0 Å². The van der Waals surface area contributed by atoms with Crippen molar-refractivity contribution in [1.82, 2.24) is 0 Å². The summed E-state index contributed by atoms with van der Waals surface area (Å²) in [7, 11) is 3.90. The summed E-state index contributed by atoms with van der Waals surface area (Å²) in [5, 5.41) is 0. The molecule has 5 nitrogen and oxygen atoms in total. The molecule has 26 heavy (non-hydrogen) atoms. The van der Waals surface area contributed by atoms with E-state index in [2.05, 4.69) is 0 Å². The zero-order valence-corrected chi connectivity index (χ0v) is 15.6. The van der Waals surface area contributed by atoms with Crippen LogP contribution in [0.5, 0.6) is 5.75 Å². The van der Waals surface area contributed by atoms with Gasteiger partial charge < -0.3 is 9.64 Å². The topological polar surface area (TPSA) is 49.9 Å². The fraction of sp³-hybridized carbons (Fsp3) is 0.333. The molecule has 0 spiro atoms. The minimum atomic E-state index is -0.441. The summed E-state index contributed by atoms with van der Waals surface area (Å²) in [5.41, 5.74) is 2.48. The molecule has 2 aromatic carbocycles. The van der Waals surface area contributed by atoms with Crippen LogP contribution in [0.15, 0.2) is 48.5 Å². The standard InChI is InChI=1S/C21H24N2O3/c1-14(2)26-18-11-5-15(6-12-18)19-13-20(24)23(21(19)25)17-9-7-16(8-10-17)22(3)4/h5-12,14,19H,13H2,1-4H3/t19-/m0/s1. The molecular weight excluding hydrogens is 328 g/mol. The first kappa shape index (κ1) is 18.0. The van der Waals surface area contributed by atoms with E-state index in [-0.39, 0.29) is 24.3 Å². The Morgan fingerprint density at radius 1 is 1.00 bits per heavy atom. The highest BCUT2D eigenvalue weighted by atomic mass is 16.5. The van der Waals surface area contributed by atoms with E-state index < -0.39 is 5.92 Å². The molecule has 3 rings (SSSR count). The molecule has 0 unspecified atom stereocenters. The third-order valence-electron chi connectivity index (χ3n) is 4.43. The SMILES string of the molecule is CC(C)Oc1ccc([C@@H]2CC(=O)N(c3ccc(N(C)C)cc3)C2=O)cc1. The van der Waals surface area contributed by atoms with Gasteiger partial charge in [-0.1, -0.05) is 12.1 Å². The minimum absolute atomic E-state index is 0.0937. The predicted molar refractivity (Wildman–Crippen MR) is 103 cm³/mol. The first-order valence-electron chi connectivity index (χ1n) is 8.77. The van der Waals surface area contributed by atoms with Gasteiger partial charge in [-0.2, -0.15) is 0 Å². The number of amides is 2. The largest absolute Gasteiger partial charge is 0.491 e. The summed E-state index contributed by atoms with van der Waals surface area (Å²) >= 11 is 0. The number of nitrogens with zero attached hydrogens (tertiary/aromatic N) is 2. The number of imide groups is 1. The summed E-state index contributed by atoms with van der Waals surface area (Å²) in [4.78, 5) is 28.6. The van der Waals surface area contributed by atoms with Gasteiger partial charge in [-0.05, 0) is 55.8 Å². The molecule has 1 atom stereocenters. The Morgan fingerprint density at radius 2 is 1.62 bits per heavy atom. The van der Waals surface area contributed by atoms with Crippen molar-refractivity contribution in [3.63, 3.8) is 0 Å². The molecule has 0 bridgehead atoms. The molecule has 1 aliphatic heterocycles. The fourth-order valence-electron chi connectivity index (χ4n) is 3.11. The van der Waals surface area contributed by atoms with E-state index in [9.17, 15) is 9.59 Å². The van der Waals surface area contributed by atoms with Crippen LogP contribution in [0.3, 0.4) is 0 Å². The van der Waals surface area contributed by atoms with Gasteiger partial charge in [0.05, 0.1) is 17.7 Å². The molecule has 2 amide bonds. The van der Waals surface area contributed by atoms with Crippen LogP contribution in [-0.2, 0) is 9.59 Å². The summed E-state index contributed by atoms with van der Waals surface area (Å²) in [6.45, 7) is 3.93. The van der Waals surface area contributed by atoms with Gasteiger partial charge in [0.1, 0.15) is 5.75 Å². The van der Waals surface area contributed by atoms with Gasteiger partial charge >= 0.3 is 0 Å². The first-order chi connectivity index (χ1) is 12.4. The van der Waals surface area contributed by atoms with E-state index in [1.165, 1.54) is 4.90 Å². The number of anilines is 2. The van der Waals surface area contributed by atoms with Gasteiger partial charge in [-0.15, -0.1) is 0 Å². The van der Waals surface area contributed by atoms with Crippen molar-refractivity contribution >= 4 is 23.2 Å². The van der Waals surface area contributed by atoms with E-state index in [1.54, 1.807) is 0 Å². The molecule has 0 N–H and O–H groups in total.